The molecule has 2 aromatic rings. The van der Waals surface area contributed by atoms with Crippen molar-refractivity contribution in [3.8, 4) is 0 Å². The van der Waals surface area contributed by atoms with E-state index in [9.17, 15) is 0 Å². The van der Waals surface area contributed by atoms with E-state index in [4.69, 9.17) is 0 Å². The smallest absolute Gasteiger partial charge is 0.0361 e. The first-order valence-corrected chi connectivity index (χ1v) is 7.95. The van der Waals surface area contributed by atoms with Crippen molar-refractivity contribution in [2.45, 2.75) is 33.2 Å². The quantitative estimate of drug-likeness (QED) is 0.816. The molecule has 1 atom stereocenters. The predicted octanol–water partition coefficient (Wildman–Crippen LogP) is 4.96. The standard InChI is InChI=1S/C18H22BrN/c1-4-20-18(15-9-6-10-16(19)11-15)12-17-13(2)7-5-8-14(17)3/h5-11,18,20H,4,12H2,1-3H3. The van der Waals surface area contributed by atoms with Crippen LogP contribution in [0.1, 0.15) is 35.2 Å². The molecular weight excluding hydrogens is 310 g/mol. The minimum atomic E-state index is 0.359. The predicted molar refractivity (Wildman–Crippen MR) is 90.2 cm³/mol. The zero-order valence-corrected chi connectivity index (χ0v) is 14.0. The van der Waals surface area contributed by atoms with Crippen molar-refractivity contribution >= 4 is 15.9 Å². The summed E-state index contributed by atoms with van der Waals surface area (Å²) in [5, 5.41) is 3.61. The van der Waals surface area contributed by atoms with Gasteiger partial charge in [-0.3, -0.25) is 0 Å². The molecular formula is C18H22BrN. The minimum absolute atomic E-state index is 0.359. The highest BCUT2D eigenvalue weighted by atomic mass is 79.9. The lowest BCUT2D eigenvalue weighted by Gasteiger charge is -2.21. The van der Waals surface area contributed by atoms with Crippen LogP contribution in [0.3, 0.4) is 0 Å². The van der Waals surface area contributed by atoms with Gasteiger partial charge >= 0.3 is 0 Å². The molecule has 1 nitrogen and oxygen atoms in total. The molecule has 0 aliphatic rings. The third-order valence-electron chi connectivity index (χ3n) is 3.75. The number of aryl methyl sites for hydroxylation is 2. The Labute approximate surface area is 130 Å². The van der Waals surface area contributed by atoms with Gasteiger partial charge in [0.2, 0.25) is 0 Å². The summed E-state index contributed by atoms with van der Waals surface area (Å²) < 4.78 is 1.14. The summed E-state index contributed by atoms with van der Waals surface area (Å²) in [5.41, 5.74) is 5.55. The molecule has 20 heavy (non-hydrogen) atoms. The average molecular weight is 332 g/mol. The molecule has 0 amide bonds. The summed E-state index contributed by atoms with van der Waals surface area (Å²) in [7, 11) is 0. The molecule has 2 heteroatoms. The minimum Gasteiger partial charge on any atom is -0.310 e. The van der Waals surface area contributed by atoms with Gasteiger partial charge in [0.05, 0.1) is 0 Å². The van der Waals surface area contributed by atoms with E-state index in [1.165, 1.54) is 22.3 Å². The maximum atomic E-state index is 3.61. The largest absolute Gasteiger partial charge is 0.310 e. The second kappa shape index (κ2) is 7.05. The second-order valence-electron chi connectivity index (χ2n) is 5.24. The van der Waals surface area contributed by atoms with E-state index in [2.05, 4.69) is 84.5 Å². The van der Waals surface area contributed by atoms with E-state index in [1.807, 2.05) is 0 Å². The SMILES string of the molecule is CCNC(Cc1c(C)cccc1C)c1cccc(Br)c1. The zero-order chi connectivity index (χ0) is 14.5. The van der Waals surface area contributed by atoms with Gasteiger partial charge in [0.15, 0.2) is 0 Å². The van der Waals surface area contributed by atoms with Crippen molar-refractivity contribution in [2.24, 2.45) is 0 Å². The fraction of sp³-hybridized carbons (Fsp3) is 0.333. The van der Waals surface area contributed by atoms with Gasteiger partial charge in [0.25, 0.3) is 0 Å². The summed E-state index contributed by atoms with van der Waals surface area (Å²) in [6.07, 6.45) is 1.03. The number of halogens is 1. The van der Waals surface area contributed by atoms with Gasteiger partial charge < -0.3 is 5.32 Å². The molecule has 1 unspecified atom stereocenters. The van der Waals surface area contributed by atoms with Gasteiger partial charge in [-0.2, -0.15) is 0 Å². The first kappa shape index (κ1) is 15.3. The van der Waals surface area contributed by atoms with Gasteiger partial charge in [0.1, 0.15) is 0 Å². The molecule has 0 spiro atoms. The molecule has 0 heterocycles. The molecule has 0 radical (unpaired) electrons. The maximum absolute atomic E-state index is 3.61. The normalized spacial score (nSPS) is 12.4. The molecule has 0 aromatic heterocycles. The lowest BCUT2D eigenvalue weighted by Crippen LogP contribution is -2.23. The summed E-state index contributed by atoms with van der Waals surface area (Å²) in [5.74, 6) is 0. The van der Waals surface area contributed by atoms with Crippen LogP contribution in [0.15, 0.2) is 46.9 Å². The Morgan fingerprint density at radius 3 is 2.30 bits per heavy atom. The van der Waals surface area contributed by atoms with E-state index in [-0.39, 0.29) is 0 Å². The van der Waals surface area contributed by atoms with Gasteiger partial charge in [-0.05, 0) is 61.2 Å². The number of benzene rings is 2. The van der Waals surface area contributed by atoms with Gasteiger partial charge in [-0.1, -0.05) is 53.2 Å². The third kappa shape index (κ3) is 3.71. The lowest BCUT2D eigenvalue weighted by molar-refractivity contribution is 0.547. The Balaban J connectivity index is 2.30. The molecule has 0 fully saturated rings. The molecule has 2 rings (SSSR count). The Morgan fingerprint density at radius 2 is 1.70 bits per heavy atom. The fourth-order valence-electron chi connectivity index (χ4n) is 2.65. The van der Waals surface area contributed by atoms with E-state index < -0.39 is 0 Å². The van der Waals surface area contributed by atoms with Crippen molar-refractivity contribution in [3.05, 3.63) is 69.2 Å². The van der Waals surface area contributed by atoms with Gasteiger partial charge in [-0.15, -0.1) is 0 Å². The Bertz CT molecular complexity index is 557. The van der Waals surface area contributed by atoms with Crippen molar-refractivity contribution in [1.29, 1.82) is 0 Å². The number of hydrogen-bond acceptors (Lipinski definition) is 1. The Hall–Kier alpha value is -1.12. The van der Waals surface area contributed by atoms with Crippen molar-refractivity contribution in [1.82, 2.24) is 5.32 Å². The van der Waals surface area contributed by atoms with Crippen LogP contribution < -0.4 is 5.32 Å². The van der Waals surface area contributed by atoms with Crippen LogP contribution >= 0.6 is 15.9 Å². The second-order valence-corrected chi connectivity index (χ2v) is 6.16. The topological polar surface area (TPSA) is 12.0 Å². The molecule has 2 aromatic carbocycles. The van der Waals surface area contributed by atoms with E-state index in [0.29, 0.717) is 6.04 Å². The molecule has 0 bridgehead atoms. The van der Waals surface area contributed by atoms with Crippen LogP contribution in [-0.2, 0) is 6.42 Å². The van der Waals surface area contributed by atoms with Gasteiger partial charge in [-0.25, -0.2) is 0 Å². The van der Waals surface area contributed by atoms with Crippen LogP contribution in [0, 0.1) is 13.8 Å². The van der Waals surface area contributed by atoms with Crippen LogP contribution in [0.5, 0.6) is 0 Å². The molecule has 0 aliphatic carbocycles. The third-order valence-corrected chi connectivity index (χ3v) is 4.25. The fourth-order valence-corrected chi connectivity index (χ4v) is 3.07. The Kier molecular flexibility index (Phi) is 5.38. The molecule has 0 aliphatic heterocycles. The maximum Gasteiger partial charge on any atom is 0.0361 e. The summed E-state index contributed by atoms with van der Waals surface area (Å²) >= 11 is 3.57. The average Bonchev–Trinajstić information content (AvgIpc) is 2.42. The van der Waals surface area contributed by atoms with E-state index in [1.54, 1.807) is 0 Å². The lowest BCUT2D eigenvalue weighted by atomic mass is 9.93. The van der Waals surface area contributed by atoms with E-state index in [0.717, 1.165) is 17.4 Å². The first-order chi connectivity index (χ1) is 9.61. The highest BCUT2D eigenvalue weighted by molar-refractivity contribution is 9.10. The van der Waals surface area contributed by atoms with Crippen molar-refractivity contribution < 1.29 is 0 Å². The summed E-state index contributed by atoms with van der Waals surface area (Å²) in [6.45, 7) is 7.54. The first-order valence-electron chi connectivity index (χ1n) is 7.15. The number of hydrogen-bond donors (Lipinski definition) is 1. The highest BCUT2D eigenvalue weighted by Crippen LogP contribution is 2.25. The monoisotopic (exact) mass is 331 g/mol. The van der Waals surface area contributed by atoms with Crippen LogP contribution in [0.25, 0.3) is 0 Å². The summed E-state index contributed by atoms with van der Waals surface area (Å²) in [4.78, 5) is 0. The Morgan fingerprint density at radius 1 is 1.05 bits per heavy atom. The number of likely N-dealkylation sites (N-methyl/N-ethyl adjacent to an activating group) is 1. The van der Waals surface area contributed by atoms with Crippen LogP contribution in [0.2, 0.25) is 0 Å². The van der Waals surface area contributed by atoms with Gasteiger partial charge in [0, 0.05) is 10.5 Å². The number of rotatable bonds is 5. The van der Waals surface area contributed by atoms with Crippen molar-refractivity contribution in [3.63, 3.8) is 0 Å². The molecule has 106 valence electrons. The van der Waals surface area contributed by atoms with Crippen LogP contribution in [0.4, 0.5) is 0 Å². The molecule has 1 N–H and O–H groups in total. The zero-order valence-electron chi connectivity index (χ0n) is 12.4. The molecule has 0 saturated heterocycles. The van der Waals surface area contributed by atoms with Crippen LogP contribution in [-0.4, -0.2) is 6.54 Å². The summed E-state index contributed by atoms with van der Waals surface area (Å²) in [6, 6.07) is 15.5. The van der Waals surface area contributed by atoms with E-state index >= 15 is 0 Å². The van der Waals surface area contributed by atoms with Crippen molar-refractivity contribution in [2.75, 3.05) is 6.54 Å². The highest BCUT2D eigenvalue weighted by Gasteiger charge is 2.14. The molecule has 0 saturated carbocycles. The number of nitrogens with one attached hydrogen (secondary N) is 1.